The van der Waals surface area contributed by atoms with Gasteiger partial charge in [0.2, 0.25) is 0 Å². The molecule has 2 aromatic carbocycles. The van der Waals surface area contributed by atoms with Crippen molar-refractivity contribution in [2.24, 2.45) is 4.99 Å². The largest absolute Gasteiger partial charge is 0.469 e. The number of amidine groups is 1. The van der Waals surface area contributed by atoms with Crippen LogP contribution in [-0.4, -0.2) is 24.7 Å². The minimum Gasteiger partial charge on any atom is -0.469 e. The molecule has 0 amide bonds. The maximum Gasteiger partial charge on any atom is 0.305 e. The van der Waals surface area contributed by atoms with Gasteiger partial charge in [0.25, 0.3) is 0 Å². The second-order valence-electron chi connectivity index (χ2n) is 5.55. The van der Waals surface area contributed by atoms with Crippen molar-refractivity contribution in [3.05, 3.63) is 58.6 Å². The third-order valence-corrected chi connectivity index (χ3v) is 4.02. The molecule has 2 aromatic rings. The zero-order valence-electron chi connectivity index (χ0n) is 14.7. The highest BCUT2D eigenvalue weighted by Gasteiger charge is 2.13. The van der Waals surface area contributed by atoms with Crippen molar-refractivity contribution in [1.82, 2.24) is 5.43 Å². The summed E-state index contributed by atoms with van der Waals surface area (Å²) in [7, 11) is 1.31. The van der Waals surface area contributed by atoms with Crippen LogP contribution in [0.1, 0.15) is 19.3 Å². The van der Waals surface area contributed by atoms with Gasteiger partial charge in [-0.1, -0.05) is 23.2 Å². The molecule has 2 N–H and O–H groups in total. The molecule has 8 heteroatoms. The number of benzene rings is 2. The average molecular weight is 408 g/mol. The smallest absolute Gasteiger partial charge is 0.305 e. The predicted octanol–water partition coefficient (Wildman–Crippen LogP) is 4.55. The van der Waals surface area contributed by atoms with Gasteiger partial charge in [-0.25, -0.2) is 4.99 Å². The first-order chi connectivity index (χ1) is 13.0. The van der Waals surface area contributed by atoms with Gasteiger partial charge in [-0.3, -0.25) is 20.4 Å². The quantitative estimate of drug-likeness (QED) is 0.290. The molecular weight excluding hydrogens is 389 g/mol. The third kappa shape index (κ3) is 7.29. The Hall–Kier alpha value is -2.57. The van der Waals surface area contributed by atoms with E-state index in [1.807, 2.05) is 0 Å². The summed E-state index contributed by atoms with van der Waals surface area (Å²) in [4.78, 5) is 28.1. The van der Waals surface area contributed by atoms with Crippen molar-refractivity contribution in [1.29, 1.82) is 0 Å². The van der Waals surface area contributed by atoms with Crippen LogP contribution in [-0.2, 0) is 14.3 Å². The Morgan fingerprint density at radius 3 is 2.15 bits per heavy atom. The second-order valence-corrected chi connectivity index (χ2v) is 6.42. The van der Waals surface area contributed by atoms with Crippen LogP contribution in [0.5, 0.6) is 0 Å². The van der Waals surface area contributed by atoms with Crippen molar-refractivity contribution in [2.45, 2.75) is 19.3 Å². The molecule has 0 aliphatic rings. The topological polar surface area (TPSA) is 79.8 Å². The van der Waals surface area contributed by atoms with Crippen LogP contribution in [0, 0.1) is 0 Å². The Bertz CT molecular complexity index is 806. The zero-order valence-corrected chi connectivity index (χ0v) is 16.2. The Balaban J connectivity index is 2.09. The molecule has 2 rings (SSSR count). The van der Waals surface area contributed by atoms with E-state index >= 15 is 0 Å². The number of carbonyl (C=O) groups is 2. The summed E-state index contributed by atoms with van der Waals surface area (Å²) < 4.78 is 4.58. The Morgan fingerprint density at radius 2 is 1.56 bits per heavy atom. The van der Waals surface area contributed by atoms with Crippen molar-refractivity contribution in [2.75, 3.05) is 12.5 Å². The van der Waals surface area contributed by atoms with E-state index in [2.05, 4.69) is 20.6 Å². The third-order valence-electron chi connectivity index (χ3n) is 3.51. The number of rotatable bonds is 8. The molecule has 142 valence electrons. The van der Waals surface area contributed by atoms with E-state index < -0.39 is 0 Å². The number of hydrazine groups is 1. The van der Waals surface area contributed by atoms with E-state index in [9.17, 15) is 9.59 Å². The van der Waals surface area contributed by atoms with Gasteiger partial charge in [0.15, 0.2) is 11.6 Å². The lowest BCUT2D eigenvalue weighted by Crippen LogP contribution is -2.35. The molecule has 0 atom stereocenters. The van der Waals surface area contributed by atoms with Crippen molar-refractivity contribution >= 4 is 52.2 Å². The van der Waals surface area contributed by atoms with Gasteiger partial charge in [-0.2, -0.15) is 0 Å². The van der Waals surface area contributed by atoms with Gasteiger partial charge in [0.05, 0.1) is 18.5 Å². The number of nitrogens with zero attached hydrogens (tertiary/aromatic N) is 1. The summed E-state index contributed by atoms with van der Waals surface area (Å²) in [6.07, 6.45) is 0.686. The van der Waals surface area contributed by atoms with E-state index in [-0.39, 0.29) is 30.4 Å². The van der Waals surface area contributed by atoms with Crippen molar-refractivity contribution in [3.63, 3.8) is 0 Å². The molecule has 0 aliphatic heterocycles. The number of anilines is 1. The fourth-order valence-electron chi connectivity index (χ4n) is 2.08. The number of aliphatic imine (C=N–C) groups is 1. The van der Waals surface area contributed by atoms with E-state index in [4.69, 9.17) is 23.2 Å². The maximum atomic E-state index is 12.5. The minimum absolute atomic E-state index is 0.122. The van der Waals surface area contributed by atoms with E-state index in [1.165, 1.54) is 7.11 Å². The summed E-state index contributed by atoms with van der Waals surface area (Å²) in [6, 6.07) is 13.7. The van der Waals surface area contributed by atoms with Crippen LogP contribution < -0.4 is 10.9 Å². The molecule has 0 fully saturated rings. The molecule has 0 bridgehead atoms. The van der Waals surface area contributed by atoms with Gasteiger partial charge in [0.1, 0.15) is 0 Å². The summed E-state index contributed by atoms with van der Waals surface area (Å²) in [6.45, 7) is 0. The van der Waals surface area contributed by atoms with E-state index in [0.29, 0.717) is 27.8 Å². The van der Waals surface area contributed by atoms with E-state index in [1.54, 1.807) is 48.5 Å². The minimum atomic E-state index is -0.355. The first-order valence-corrected chi connectivity index (χ1v) is 8.95. The van der Waals surface area contributed by atoms with Crippen LogP contribution in [0.4, 0.5) is 11.4 Å². The molecule has 0 aliphatic carbocycles. The number of ether oxygens (including phenoxy) is 1. The van der Waals surface area contributed by atoms with Gasteiger partial charge in [-0.05, 0) is 55.0 Å². The lowest BCUT2D eigenvalue weighted by Gasteiger charge is -2.12. The van der Waals surface area contributed by atoms with Crippen molar-refractivity contribution in [3.8, 4) is 0 Å². The number of halogens is 2. The number of nitrogens with one attached hydrogen (secondary N) is 2. The zero-order chi connectivity index (χ0) is 19.6. The Kier molecular flexibility index (Phi) is 8.10. The summed E-state index contributed by atoms with van der Waals surface area (Å²) in [5.41, 5.74) is 7.03. The number of Topliss-reactive ketones (excluding diaryl/α,β-unsaturated/α-hetero) is 1. The van der Waals surface area contributed by atoms with Crippen molar-refractivity contribution < 1.29 is 14.3 Å². The number of esters is 1. The molecule has 0 saturated carbocycles. The van der Waals surface area contributed by atoms with Crippen LogP contribution in [0.2, 0.25) is 10.0 Å². The van der Waals surface area contributed by atoms with Gasteiger partial charge < -0.3 is 4.74 Å². The highest BCUT2D eigenvalue weighted by Crippen LogP contribution is 2.17. The van der Waals surface area contributed by atoms with Crippen LogP contribution in [0.25, 0.3) is 0 Å². The summed E-state index contributed by atoms with van der Waals surface area (Å²) in [5, 5.41) is 1.18. The summed E-state index contributed by atoms with van der Waals surface area (Å²) >= 11 is 11.7. The molecule has 0 aromatic heterocycles. The molecule has 27 heavy (non-hydrogen) atoms. The molecule has 6 nitrogen and oxygen atoms in total. The lowest BCUT2D eigenvalue weighted by molar-refractivity contribution is -0.140. The molecular formula is C19H19Cl2N3O3. The fraction of sp³-hybridized carbons (Fsp3) is 0.211. The van der Waals surface area contributed by atoms with Crippen LogP contribution >= 0.6 is 23.2 Å². The predicted molar refractivity (Wildman–Crippen MR) is 108 cm³/mol. The highest BCUT2D eigenvalue weighted by atomic mass is 35.5. The normalized spacial score (nSPS) is 11.0. The molecule has 0 spiro atoms. The van der Waals surface area contributed by atoms with Gasteiger partial charge >= 0.3 is 5.97 Å². The first-order valence-electron chi connectivity index (χ1n) is 8.20. The average Bonchev–Trinajstić information content (AvgIpc) is 2.67. The number of methoxy groups -OCH3 is 1. The first kappa shape index (κ1) is 20.7. The maximum absolute atomic E-state index is 12.5. The Labute approximate surface area is 167 Å². The monoisotopic (exact) mass is 407 g/mol. The SMILES string of the molecule is COC(=O)CCCC(=O)C(=Nc1ccc(Cl)cc1)NNc1ccc(Cl)cc1. The fourth-order valence-corrected chi connectivity index (χ4v) is 2.34. The summed E-state index contributed by atoms with van der Waals surface area (Å²) in [5.74, 6) is -0.473. The molecule has 0 unspecified atom stereocenters. The highest BCUT2D eigenvalue weighted by molar-refractivity contribution is 6.39. The molecule has 0 radical (unpaired) electrons. The number of carbonyl (C=O) groups excluding carboxylic acids is 2. The van der Waals surface area contributed by atoms with E-state index in [0.717, 1.165) is 0 Å². The lowest BCUT2D eigenvalue weighted by atomic mass is 10.1. The molecule has 0 saturated heterocycles. The standard InChI is InChI=1S/C19H19Cl2N3O3/c1-27-18(26)4-2-3-17(25)19(22-15-9-5-13(20)6-10-15)24-23-16-11-7-14(21)8-12-16/h5-12,23H,2-4H2,1H3,(H,22,24). The Morgan fingerprint density at radius 1 is 0.963 bits per heavy atom. The second kappa shape index (κ2) is 10.5. The number of hydrogen-bond acceptors (Lipinski definition) is 5. The van der Waals surface area contributed by atoms with Gasteiger partial charge in [-0.15, -0.1) is 0 Å². The van der Waals surface area contributed by atoms with Crippen LogP contribution in [0.15, 0.2) is 53.5 Å². The number of ketones is 1. The number of hydrogen-bond donors (Lipinski definition) is 2. The van der Waals surface area contributed by atoms with Gasteiger partial charge in [0, 0.05) is 22.9 Å². The molecule has 0 heterocycles. The van der Waals surface area contributed by atoms with Crippen LogP contribution in [0.3, 0.4) is 0 Å².